The molecule has 1 atom stereocenters. The molecule has 0 amide bonds. The molecule has 96 valence electrons. The van der Waals surface area contributed by atoms with E-state index in [-0.39, 0.29) is 6.61 Å². The first-order chi connectivity index (χ1) is 8.29. The molecule has 1 aromatic rings. The Morgan fingerprint density at radius 1 is 1.29 bits per heavy atom. The molecule has 0 spiro atoms. The van der Waals surface area contributed by atoms with Gasteiger partial charge in [-0.3, -0.25) is 0 Å². The smallest absolute Gasteiger partial charge is 0.129 e. The second-order valence-electron chi connectivity index (χ2n) is 5.09. The van der Waals surface area contributed by atoms with Crippen molar-refractivity contribution in [1.29, 1.82) is 0 Å². The Morgan fingerprint density at radius 3 is 2.65 bits per heavy atom. The predicted octanol–water partition coefficient (Wildman–Crippen LogP) is 2.83. The largest absolute Gasteiger partial charge is 0.462 e. The minimum Gasteiger partial charge on any atom is -0.462 e. The van der Waals surface area contributed by atoms with Gasteiger partial charge in [0.05, 0.1) is 6.54 Å². The summed E-state index contributed by atoms with van der Waals surface area (Å²) in [5.74, 6) is 2.37. The third-order valence-electron chi connectivity index (χ3n) is 3.83. The molecule has 3 heteroatoms. The van der Waals surface area contributed by atoms with E-state index < -0.39 is 0 Å². The first-order valence-electron chi connectivity index (χ1n) is 6.71. The highest BCUT2D eigenvalue weighted by atomic mass is 16.4. The summed E-state index contributed by atoms with van der Waals surface area (Å²) in [5, 5.41) is 12.4. The van der Waals surface area contributed by atoms with Gasteiger partial charge in [0, 0.05) is 6.04 Å². The fourth-order valence-electron chi connectivity index (χ4n) is 2.66. The average Bonchev–Trinajstić information content (AvgIpc) is 2.85. The first kappa shape index (κ1) is 12.7. The highest BCUT2D eigenvalue weighted by Crippen LogP contribution is 2.26. The van der Waals surface area contributed by atoms with Gasteiger partial charge < -0.3 is 14.8 Å². The van der Waals surface area contributed by atoms with Crippen LogP contribution in [0.2, 0.25) is 0 Å². The van der Waals surface area contributed by atoms with Crippen LogP contribution in [0.3, 0.4) is 0 Å². The Labute approximate surface area is 103 Å². The summed E-state index contributed by atoms with van der Waals surface area (Å²) >= 11 is 0. The Hall–Kier alpha value is -0.800. The topological polar surface area (TPSA) is 45.4 Å². The molecule has 0 aromatic carbocycles. The van der Waals surface area contributed by atoms with Gasteiger partial charge in [0.1, 0.15) is 18.1 Å². The molecule has 1 aliphatic carbocycles. The van der Waals surface area contributed by atoms with Crippen LogP contribution in [0.5, 0.6) is 0 Å². The monoisotopic (exact) mass is 237 g/mol. The Balaban J connectivity index is 1.76. The predicted molar refractivity (Wildman–Crippen MR) is 67.5 cm³/mol. The molecule has 0 saturated heterocycles. The lowest BCUT2D eigenvalue weighted by Crippen LogP contribution is -2.34. The summed E-state index contributed by atoms with van der Waals surface area (Å²) in [6.07, 6.45) is 6.88. The Bertz CT molecular complexity index is 329. The summed E-state index contributed by atoms with van der Waals surface area (Å²) in [7, 11) is 0. The van der Waals surface area contributed by atoms with Crippen LogP contribution in [0, 0.1) is 5.92 Å². The van der Waals surface area contributed by atoms with Crippen molar-refractivity contribution in [2.24, 2.45) is 5.92 Å². The second-order valence-corrected chi connectivity index (χ2v) is 5.09. The third kappa shape index (κ3) is 3.58. The van der Waals surface area contributed by atoms with Crippen LogP contribution >= 0.6 is 0 Å². The van der Waals surface area contributed by atoms with E-state index in [1.807, 2.05) is 12.1 Å². The molecule has 1 aromatic heterocycles. The number of hydrogen-bond donors (Lipinski definition) is 2. The van der Waals surface area contributed by atoms with Gasteiger partial charge in [-0.25, -0.2) is 0 Å². The van der Waals surface area contributed by atoms with Crippen LogP contribution in [0.25, 0.3) is 0 Å². The minimum absolute atomic E-state index is 0.0157. The van der Waals surface area contributed by atoms with E-state index in [9.17, 15) is 0 Å². The molecule has 0 aliphatic heterocycles. The van der Waals surface area contributed by atoms with Crippen LogP contribution in [0.4, 0.5) is 0 Å². The van der Waals surface area contributed by atoms with E-state index in [1.54, 1.807) is 0 Å². The maximum absolute atomic E-state index is 8.92. The molecule has 1 saturated carbocycles. The number of hydrogen-bond acceptors (Lipinski definition) is 3. The summed E-state index contributed by atoms with van der Waals surface area (Å²) in [6.45, 7) is 3.02. The highest BCUT2D eigenvalue weighted by molar-refractivity contribution is 5.06. The Morgan fingerprint density at radius 2 is 2.00 bits per heavy atom. The summed E-state index contributed by atoms with van der Waals surface area (Å²) < 4.78 is 5.46. The normalized spacial score (nSPS) is 19.4. The van der Waals surface area contributed by atoms with E-state index >= 15 is 0 Å². The molecule has 3 nitrogen and oxygen atoms in total. The molecule has 2 N–H and O–H groups in total. The molecule has 1 heterocycles. The number of nitrogens with one attached hydrogen (secondary N) is 1. The first-order valence-corrected chi connectivity index (χ1v) is 6.71. The summed E-state index contributed by atoms with van der Waals surface area (Å²) in [5.41, 5.74) is 0. The van der Waals surface area contributed by atoms with Gasteiger partial charge in [-0.2, -0.15) is 0 Å². The zero-order valence-electron chi connectivity index (χ0n) is 10.6. The number of aliphatic hydroxyl groups is 1. The number of rotatable bonds is 5. The molecular formula is C14H23NO2. The van der Waals surface area contributed by atoms with Crippen LogP contribution < -0.4 is 5.32 Å². The lowest BCUT2D eigenvalue weighted by atomic mass is 9.84. The lowest BCUT2D eigenvalue weighted by molar-refractivity contribution is 0.239. The van der Waals surface area contributed by atoms with Gasteiger partial charge in [-0.05, 0) is 37.8 Å². The summed E-state index contributed by atoms with van der Waals surface area (Å²) in [4.78, 5) is 0. The number of aliphatic hydroxyl groups excluding tert-OH is 1. The molecule has 1 fully saturated rings. The van der Waals surface area contributed by atoms with Gasteiger partial charge in [-0.1, -0.05) is 19.3 Å². The standard InChI is InChI=1S/C14H23NO2/c1-11(12-5-3-2-4-6-12)15-9-13-7-8-14(10-16)17-13/h7-8,11-12,15-16H,2-6,9-10H2,1H3. The van der Waals surface area contributed by atoms with E-state index in [4.69, 9.17) is 9.52 Å². The van der Waals surface area contributed by atoms with E-state index in [2.05, 4.69) is 12.2 Å². The zero-order chi connectivity index (χ0) is 12.1. The van der Waals surface area contributed by atoms with Crippen molar-refractivity contribution in [3.63, 3.8) is 0 Å². The lowest BCUT2D eigenvalue weighted by Gasteiger charge is -2.28. The van der Waals surface area contributed by atoms with E-state index in [1.165, 1.54) is 32.1 Å². The fraction of sp³-hybridized carbons (Fsp3) is 0.714. The molecule has 1 unspecified atom stereocenters. The number of furan rings is 1. The molecule has 2 rings (SSSR count). The summed E-state index contributed by atoms with van der Waals surface area (Å²) in [6, 6.07) is 4.33. The van der Waals surface area contributed by atoms with Crippen molar-refractivity contribution >= 4 is 0 Å². The van der Waals surface area contributed by atoms with Crippen LogP contribution in [0.1, 0.15) is 50.5 Å². The maximum atomic E-state index is 8.92. The second kappa shape index (κ2) is 6.22. The van der Waals surface area contributed by atoms with Crippen LogP contribution in [-0.4, -0.2) is 11.1 Å². The minimum atomic E-state index is -0.0157. The van der Waals surface area contributed by atoms with Gasteiger partial charge in [0.15, 0.2) is 0 Å². The molecule has 0 radical (unpaired) electrons. The molecule has 1 aliphatic rings. The van der Waals surface area contributed by atoms with Crippen molar-refractivity contribution in [3.05, 3.63) is 23.7 Å². The fourth-order valence-corrected chi connectivity index (χ4v) is 2.66. The Kier molecular flexibility index (Phi) is 4.63. The molecule has 17 heavy (non-hydrogen) atoms. The van der Waals surface area contributed by atoms with Crippen molar-refractivity contribution in [2.45, 2.75) is 58.2 Å². The zero-order valence-corrected chi connectivity index (χ0v) is 10.6. The SMILES string of the molecule is CC(NCc1ccc(CO)o1)C1CCCCC1. The molecular weight excluding hydrogens is 214 g/mol. The van der Waals surface area contributed by atoms with Gasteiger partial charge in [0.2, 0.25) is 0 Å². The van der Waals surface area contributed by atoms with Crippen molar-refractivity contribution in [2.75, 3.05) is 0 Å². The van der Waals surface area contributed by atoms with Gasteiger partial charge in [0.25, 0.3) is 0 Å². The highest BCUT2D eigenvalue weighted by Gasteiger charge is 2.19. The quantitative estimate of drug-likeness (QED) is 0.827. The average molecular weight is 237 g/mol. The molecule has 0 bridgehead atoms. The maximum Gasteiger partial charge on any atom is 0.129 e. The van der Waals surface area contributed by atoms with E-state index in [0.29, 0.717) is 11.8 Å². The van der Waals surface area contributed by atoms with Crippen LogP contribution in [-0.2, 0) is 13.2 Å². The third-order valence-corrected chi connectivity index (χ3v) is 3.83. The van der Waals surface area contributed by atoms with Crippen molar-refractivity contribution in [3.8, 4) is 0 Å². The van der Waals surface area contributed by atoms with E-state index in [0.717, 1.165) is 18.2 Å². The van der Waals surface area contributed by atoms with Crippen LogP contribution in [0.15, 0.2) is 16.5 Å². The van der Waals surface area contributed by atoms with Crippen molar-refractivity contribution in [1.82, 2.24) is 5.32 Å². The van der Waals surface area contributed by atoms with Gasteiger partial charge in [-0.15, -0.1) is 0 Å². The van der Waals surface area contributed by atoms with Gasteiger partial charge >= 0.3 is 0 Å². The van der Waals surface area contributed by atoms with Crippen molar-refractivity contribution < 1.29 is 9.52 Å².